The summed E-state index contributed by atoms with van der Waals surface area (Å²) in [5.41, 5.74) is 0.505. The first-order valence-corrected chi connectivity index (χ1v) is 12.1. The molecule has 7 heteroatoms. The Hall–Kier alpha value is -1.67. The second-order valence-corrected chi connectivity index (χ2v) is 11.0. The molecule has 2 rings (SSSR count). The molecule has 1 aromatic rings. The van der Waals surface area contributed by atoms with Crippen LogP contribution < -0.4 is 10.6 Å². The zero-order valence-corrected chi connectivity index (χ0v) is 21.3. The number of benzene rings is 1. The van der Waals surface area contributed by atoms with E-state index in [2.05, 4.69) is 24.5 Å². The molecule has 1 aliphatic rings. The van der Waals surface area contributed by atoms with Crippen LogP contribution in [0.5, 0.6) is 0 Å². The van der Waals surface area contributed by atoms with E-state index < -0.39 is 29.6 Å². The molecule has 0 unspecified atom stereocenters. The maximum atomic E-state index is 12.4. The van der Waals surface area contributed by atoms with Crippen molar-refractivity contribution in [3.63, 3.8) is 0 Å². The maximum absolute atomic E-state index is 12.4. The third-order valence-electron chi connectivity index (χ3n) is 5.80. The lowest BCUT2D eigenvalue weighted by atomic mass is 9.86. The lowest BCUT2D eigenvalue weighted by Crippen LogP contribution is -2.50. The normalized spacial score (nSPS) is 18.0. The lowest BCUT2D eigenvalue weighted by Gasteiger charge is -2.30. The van der Waals surface area contributed by atoms with Gasteiger partial charge < -0.3 is 30.0 Å². The summed E-state index contributed by atoms with van der Waals surface area (Å²) >= 11 is 0. The zero-order valence-electron chi connectivity index (χ0n) is 21.3. The van der Waals surface area contributed by atoms with Gasteiger partial charge in [-0.05, 0) is 57.9 Å². The van der Waals surface area contributed by atoms with E-state index >= 15 is 0 Å². The fraction of sp³-hybridized carbons (Fsp3) is 0.731. The first-order valence-electron chi connectivity index (χ1n) is 12.1. The first-order chi connectivity index (χ1) is 15.4. The molecular formula is C26H44N2O5. The van der Waals surface area contributed by atoms with Gasteiger partial charge in [0.15, 0.2) is 5.79 Å². The smallest absolute Gasteiger partial charge is 0.407 e. The average molecular weight is 465 g/mol. The number of rotatable bonds is 12. The minimum atomic E-state index is -0.757. The molecule has 33 heavy (non-hydrogen) atoms. The quantitative estimate of drug-likeness (QED) is 0.433. The Morgan fingerprint density at radius 1 is 1.15 bits per heavy atom. The van der Waals surface area contributed by atoms with E-state index in [9.17, 15) is 9.90 Å². The van der Waals surface area contributed by atoms with Crippen LogP contribution in [-0.4, -0.2) is 61.0 Å². The van der Waals surface area contributed by atoms with Crippen molar-refractivity contribution >= 4 is 6.09 Å². The third-order valence-corrected chi connectivity index (χ3v) is 5.80. The molecule has 1 aromatic carbocycles. The Morgan fingerprint density at radius 3 is 2.39 bits per heavy atom. The van der Waals surface area contributed by atoms with Crippen LogP contribution in [0.3, 0.4) is 0 Å². The van der Waals surface area contributed by atoms with E-state index in [0.717, 1.165) is 31.4 Å². The molecule has 0 bridgehead atoms. The number of hydrogen-bond donors (Lipinski definition) is 3. The van der Waals surface area contributed by atoms with Crippen LogP contribution in [-0.2, 0) is 20.6 Å². The second-order valence-electron chi connectivity index (χ2n) is 11.0. The van der Waals surface area contributed by atoms with E-state index in [1.807, 2.05) is 58.0 Å². The van der Waals surface area contributed by atoms with Crippen molar-refractivity contribution in [2.24, 2.45) is 5.41 Å². The van der Waals surface area contributed by atoms with Gasteiger partial charge in [0.2, 0.25) is 0 Å². The molecular weight excluding hydrogens is 420 g/mol. The number of aliphatic hydroxyl groups is 1. The van der Waals surface area contributed by atoms with Gasteiger partial charge >= 0.3 is 6.09 Å². The van der Waals surface area contributed by atoms with E-state index in [0.29, 0.717) is 26.2 Å². The van der Waals surface area contributed by atoms with Gasteiger partial charge in [-0.2, -0.15) is 0 Å². The fourth-order valence-electron chi connectivity index (χ4n) is 3.99. The highest BCUT2D eigenvalue weighted by atomic mass is 16.7. The van der Waals surface area contributed by atoms with E-state index in [-0.39, 0.29) is 5.41 Å². The number of alkyl carbamates (subject to hydrolysis) is 1. The van der Waals surface area contributed by atoms with Crippen LogP contribution in [0.25, 0.3) is 0 Å². The van der Waals surface area contributed by atoms with Crippen LogP contribution in [0.2, 0.25) is 0 Å². The highest BCUT2D eigenvalue weighted by Gasteiger charge is 2.31. The Labute approximate surface area is 199 Å². The summed E-state index contributed by atoms with van der Waals surface area (Å²) in [6.45, 7) is 14.4. The molecule has 0 aromatic heterocycles. The number of carbonyl (C=O) groups is 1. The topological polar surface area (TPSA) is 89.0 Å². The average Bonchev–Trinajstić information content (AvgIpc) is 3.13. The Bertz CT molecular complexity index is 711. The Kier molecular flexibility index (Phi) is 10.2. The van der Waals surface area contributed by atoms with Crippen LogP contribution in [0.1, 0.15) is 66.4 Å². The van der Waals surface area contributed by atoms with Gasteiger partial charge in [0.1, 0.15) is 5.60 Å². The molecule has 2 atom stereocenters. The second kappa shape index (κ2) is 12.2. The Morgan fingerprint density at radius 2 is 1.79 bits per heavy atom. The van der Waals surface area contributed by atoms with Crippen LogP contribution >= 0.6 is 0 Å². The van der Waals surface area contributed by atoms with Crippen molar-refractivity contribution in [1.82, 2.24) is 10.6 Å². The minimum Gasteiger partial charge on any atom is -0.444 e. The molecule has 7 nitrogen and oxygen atoms in total. The first kappa shape index (κ1) is 27.6. The van der Waals surface area contributed by atoms with Gasteiger partial charge in [-0.3, -0.25) is 0 Å². The zero-order chi connectivity index (χ0) is 24.5. The summed E-state index contributed by atoms with van der Waals surface area (Å²) in [7, 11) is 0. The van der Waals surface area contributed by atoms with Gasteiger partial charge in [-0.15, -0.1) is 0 Å². The van der Waals surface area contributed by atoms with Crippen molar-refractivity contribution < 1.29 is 24.1 Å². The molecule has 1 heterocycles. The fourth-order valence-corrected chi connectivity index (χ4v) is 3.99. The van der Waals surface area contributed by atoms with Gasteiger partial charge in [0.05, 0.1) is 25.4 Å². The summed E-state index contributed by atoms with van der Waals surface area (Å²) in [5, 5.41) is 17.2. The van der Waals surface area contributed by atoms with E-state index in [4.69, 9.17) is 14.2 Å². The number of amides is 1. The van der Waals surface area contributed by atoms with Crippen LogP contribution in [0.4, 0.5) is 4.79 Å². The molecule has 188 valence electrons. The molecule has 1 aliphatic heterocycles. The number of aliphatic hydroxyl groups excluding tert-OH is 1. The summed E-state index contributed by atoms with van der Waals surface area (Å²) in [6.07, 6.45) is 2.13. The minimum absolute atomic E-state index is 0.0577. The molecule has 0 saturated carbocycles. The van der Waals surface area contributed by atoms with Crippen LogP contribution in [0, 0.1) is 5.41 Å². The summed E-state index contributed by atoms with van der Waals surface area (Å²) in [4.78, 5) is 12.4. The van der Waals surface area contributed by atoms with Crippen LogP contribution in [0.15, 0.2) is 30.3 Å². The SMILES string of the molecule is CC(C)(CCCC1(C)OCCO1)CNC[C@@H](O)[C@H](Cc1ccccc1)NC(=O)OC(C)(C)C. The monoisotopic (exact) mass is 464 g/mol. The molecule has 0 spiro atoms. The molecule has 0 aliphatic carbocycles. The van der Waals surface area contributed by atoms with Crippen molar-refractivity contribution in [3.8, 4) is 0 Å². The summed E-state index contributed by atoms with van der Waals surface area (Å²) < 4.78 is 16.8. The van der Waals surface area contributed by atoms with Crippen molar-refractivity contribution in [1.29, 1.82) is 0 Å². The van der Waals surface area contributed by atoms with E-state index in [1.54, 1.807) is 0 Å². The number of carbonyl (C=O) groups excluding carboxylic acids is 1. The van der Waals surface area contributed by atoms with Crippen molar-refractivity contribution in [3.05, 3.63) is 35.9 Å². The highest BCUT2D eigenvalue weighted by Crippen LogP contribution is 2.29. The lowest BCUT2D eigenvalue weighted by molar-refractivity contribution is -0.148. The standard InChI is InChI=1S/C26H44N2O5/c1-24(2,3)33-23(30)28-21(17-20-11-8-7-9-12-20)22(29)18-27-19-25(4,5)13-10-14-26(6)31-15-16-32-26/h7-9,11-12,21-22,27,29H,10,13-19H2,1-6H3,(H,28,30)/t21-,22+/m0/s1. The Balaban J connectivity index is 1.84. The third kappa shape index (κ3) is 10.9. The van der Waals surface area contributed by atoms with Crippen molar-refractivity contribution in [2.75, 3.05) is 26.3 Å². The molecule has 1 saturated heterocycles. The molecule has 1 fully saturated rings. The molecule has 3 N–H and O–H groups in total. The van der Waals surface area contributed by atoms with Gasteiger partial charge in [-0.1, -0.05) is 44.2 Å². The van der Waals surface area contributed by atoms with Gasteiger partial charge in [0.25, 0.3) is 0 Å². The van der Waals surface area contributed by atoms with Gasteiger partial charge in [0, 0.05) is 19.5 Å². The largest absolute Gasteiger partial charge is 0.444 e. The number of ether oxygens (including phenoxy) is 3. The number of hydrogen-bond acceptors (Lipinski definition) is 6. The molecule has 1 amide bonds. The molecule has 0 radical (unpaired) electrons. The summed E-state index contributed by atoms with van der Waals surface area (Å²) in [6, 6.07) is 9.38. The number of nitrogens with one attached hydrogen (secondary N) is 2. The summed E-state index contributed by atoms with van der Waals surface area (Å²) in [5.74, 6) is -0.447. The predicted octanol–water partition coefficient (Wildman–Crippen LogP) is 4.03. The highest BCUT2D eigenvalue weighted by molar-refractivity contribution is 5.68. The predicted molar refractivity (Wildman–Crippen MR) is 130 cm³/mol. The van der Waals surface area contributed by atoms with Crippen molar-refractivity contribution in [2.45, 2.75) is 90.8 Å². The van der Waals surface area contributed by atoms with Gasteiger partial charge in [-0.25, -0.2) is 4.79 Å². The van der Waals surface area contributed by atoms with E-state index in [1.165, 1.54) is 0 Å². The maximum Gasteiger partial charge on any atom is 0.407 e.